The SMILES string of the molecule is C=C(CNC(C)C)CN(C)Cc1nccn1C. The van der Waals surface area contributed by atoms with E-state index in [0.29, 0.717) is 6.04 Å². The van der Waals surface area contributed by atoms with Gasteiger partial charge >= 0.3 is 0 Å². The first-order valence-electron chi connectivity index (χ1n) is 6.03. The first kappa shape index (κ1) is 13.9. The van der Waals surface area contributed by atoms with Crippen molar-refractivity contribution in [1.29, 1.82) is 0 Å². The third-order valence-electron chi connectivity index (χ3n) is 2.59. The average molecular weight is 236 g/mol. The molecule has 1 aromatic heterocycles. The third-order valence-corrected chi connectivity index (χ3v) is 2.59. The second-order valence-corrected chi connectivity index (χ2v) is 4.91. The van der Waals surface area contributed by atoms with E-state index in [-0.39, 0.29) is 0 Å². The maximum absolute atomic E-state index is 4.31. The van der Waals surface area contributed by atoms with E-state index in [0.717, 1.165) is 25.5 Å². The summed E-state index contributed by atoms with van der Waals surface area (Å²) in [4.78, 5) is 6.54. The molecule has 1 N–H and O–H groups in total. The van der Waals surface area contributed by atoms with E-state index < -0.39 is 0 Å². The molecule has 4 nitrogen and oxygen atoms in total. The number of aromatic nitrogens is 2. The summed E-state index contributed by atoms with van der Waals surface area (Å²) in [5.41, 5.74) is 1.20. The highest BCUT2D eigenvalue weighted by molar-refractivity contribution is 5.01. The van der Waals surface area contributed by atoms with Gasteiger partial charge < -0.3 is 9.88 Å². The van der Waals surface area contributed by atoms with Gasteiger partial charge in [0, 0.05) is 38.6 Å². The highest BCUT2D eigenvalue weighted by atomic mass is 15.1. The zero-order chi connectivity index (χ0) is 12.8. The van der Waals surface area contributed by atoms with Crippen LogP contribution in [-0.2, 0) is 13.6 Å². The Hall–Kier alpha value is -1.13. The van der Waals surface area contributed by atoms with E-state index in [1.165, 1.54) is 5.57 Å². The van der Waals surface area contributed by atoms with Crippen LogP contribution in [0.5, 0.6) is 0 Å². The van der Waals surface area contributed by atoms with E-state index in [4.69, 9.17) is 0 Å². The minimum atomic E-state index is 0.506. The average Bonchev–Trinajstić information content (AvgIpc) is 2.61. The van der Waals surface area contributed by atoms with E-state index in [9.17, 15) is 0 Å². The van der Waals surface area contributed by atoms with Crippen molar-refractivity contribution in [3.63, 3.8) is 0 Å². The molecule has 96 valence electrons. The fourth-order valence-corrected chi connectivity index (χ4v) is 1.63. The van der Waals surface area contributed by atoms with Crippen LogP contribution < -0.4 is 5.32 Å². The highest BCUT2D eigenvalue weighted by Gasteiger charge is 2.06. The van der Waals surface area contributed by atoms with Crippen LogP contribution in [0.4, 0.5) is 0 Å². The predicted molar refractivity (Wildman–Crippen MR) is 71.8 cm³/mol. The summed E-state index contributed by atoms with van der Waals surface area (Å²) in [6, 6.07) is 0.506. The summed E-state index contributed by atoms with van der Waals surface area (Å²) in [6.07, 6.45) is 3.80. The van der Waals surface area contributed by atoms with Gasteiger partial charge in [0.15, 0.2) is 0 Å². The molecule has 0 saturated carbocycles. The fraction of sp³-hybridized carbons (Fsp3) is 0.615. The quantitative estimate of drug-likeness (QED) is 0.727. The number of hydrogen-bond acceptors (Lipinski definition) is 3. The lowest BCUT2D eigenvalue weighted by Gasteiger charge is -2.19. The van der Waals surface area contributed by atoms with Crippen LogP contribution in [0.1, 0.15) is 19.7 Å². The van der Waals surface area contributed by atoms with Crippen LogP contribution in [-0.4, -0.2) is 40.6 Å². The van der Waals surface area contributed by atoms with Gasteiger partial charge in [-0.2, -0.15) is 0 Å². The third kappa shape index (κ3) is 5.15. The van der Waals surface area contributed by atoms with Crippen LogP contribution in [0.3, 0.4) is 0 Å². The van der Waals surface area contributed by atoms with Crippen molar-refractivity contribution in [1.82, 2.24) is 19.8 Å². The topological polar surface area (TPSA) is 33.1 Å². The number of imidazole rings is 1. The van der Waals surface area contributed by atoms with Gasteiger partial charge in [0.2, 0.25) is 0 Å². The zero-order valence-corrected chi connectivity index (χ0v) is 11.4. The molecule has 0 bridgehead atoms. The number of nitrogens with zero attached hydrogens (tertiary/aromatic N) is 3. The molecule has 0 aliphatic heterocycles. The Labute approximate surface area is 104 Å². The molecule has 1 rings (SSSR count). The maximum atomic E-state index is 4.31. The summed E-state index contributed by atoms with van der Waals surface area (Å²) in [6.45, 7) is 11.0. The summed E-state index contributed by atoms with van der Waals surface area (Å²) >= 11 is 0. The Bertz CT molecular complexity index is 354. The van der Waals surface area contributed by atoms with Crippen LogP contribution in [0.15, 0.2) is 24.5 Å². The summed E-state index contributed by atoms with van der Waals surface area (Å²) < 4.78 is 2.05. The Kier molecular flexibility index (Phi) is 5.38. The highest BCUT2D eigenvalue weighted by Crippen LogP contribution is 2.01. The summed E-state index contributed by atoms with van der Waals surface area (Å²) in [5.74, 6) is 1.08. The Morgan fingerprint density at radius 3 is 2.82 bits per heavy atom. The lowest BCUT2D eigenvalue weighted by molar-refractivity contribution is 0.337. The zero-order valence-electron chi connectivity index (χ0n) is 11.4. The molecule has 0 aromatic carbocycles. The molecular weight excluding hydrogens is 212 g/mol. The minimum absolute atomic E-state index is 0.506. The molecule has 0 aliphatic carbocycles. The van der Waals surface area contributed by atoms with Gasteiger partial charge in [0.1, 0.15) is 5.82 Å². The molecule has 0 atom stereocenters. The van der Waals surface area contributed by atoms with Gasteiger partial charge in [-0.15, -0.1) is 0 Å². The van der Waals surface area contributed by atoms with Gasteiger partial charge in [0.05, 0.1) is 6.54 Å². The fourth-order valence-electron chi connectivity index (χ4n) is 1.63. The molecule has 0 radical (unpaired) electrons. The second-order valence-electron chi connectivity index (χ2n) is 4.91. The molecular formula is C13H24N4. The van der Waals surface area contributed by atoms with Crippen LogP contribution in [0, 0.1) is 0 Å². The van der Waals surface area contributed by atoms with Crippen LogP contribution in [0.25, 0.3) is 0 Å². The van der Waals surface area contributed by atoms with Crippen molar-refractivity contribution < 1.29 is 0 Å². The lowest BCUT2D eigenvalue weighted by atomic mass is 10.2. The van der Waals surface area contributed by atoms with Gasteiger partial charge in [-0.25, -0.2) is 4.98 Å². The lowest BCUT2D eigenvalue weighted by Crippen LogP contribution is -2.29. The van der Waals surface area contributed by atoms with Crippen molar-refractivity contribution >= 4 is 0 Å². The van der Waals surface area contributed by atoms with Crippen molar-refractivity contribution in [3.05, 3.63) is 30.4 Å². The van der Waals surface area contributed by atoms with Crippen molar-refractivity contribution in [2.75, 3.05) is 20.1 Å². The van der Waals surface area contributed by atoms with E-state index in [1.807, 2.05) is 24.0 Å². The van der Waals surface area contributed by atoms with Gasteiger partial charge in [-0.1, -0.05) is 20.4 Å². The predicted octanol–water partition coefficient (Wildman–Crippen LogP) is 1.41. The standard InChI is InChI=1S/C13H24N4/c1-11(2)15-8-12(3)9-16(4)10-13-14-6-7-17(13)5/h6-7,11,15H,3,8-10H2,1-2,4-5H3. The molecule has 0 fully saturated rings. The molecule has 1 heterocycles. The van der Waals surface area contributed by atoms with Gasteiger partial charge in [0.25, 0.3) is 0 Å². The number of likely N-dealkylation sites (N-methyl/N-ethyl adjacent to an activating group) is 1. The largest absolute Gasteiger partial charge is 0.337 e. The Balaban J connectivity index is 2.32. The van der Waals surface area contributed by atoms with Crippen molar-refractivity contribution in [2.45, 2.75) is 26.4 Å². The van der Waals surface area contributed by atoms with E-state index in [2.05, 4.69) is 42.7 Å². The van der Waals surface area contributed by atoms with Crippen LogP contribution >= 0.6 is 0 Å². The molecule has 0 saturated heterocycles. The summed E-state index contributed by atoms with van der Waals surface area (Å²) in [5, 5.41) is 3.37. The number of rotatable bonds is 7. The van der Waals surface area contributed by atoms with E-state index in [1.54, 1.807) is 0 Å². The minimum Gasteiger partial charge on any atom is -0.337 e. The Morgan fingerprint density at radius 1 is 1.59 bits per heavy atom. The molecule has 1 aromatic rings. The van der Waals surface area contributed by atoms with Crippen LogP contribution in [0.2, 0.25) is 0 Å². The number of nitrogens with one attached hydrogen (secondary N) is 1. The molecule has 0 spiro atoms. The number of hydrogen-bond donors (Lipinski definition) is 1. The van der Waals surface area contributed by atoms with Crippen molar-refractivity contribution in [3.8, 4) is 0 Å². The number of aryl methyl sites for hydroxylation is 1. The maximum Gasteiger partial charge on any atom is 0.122 e. The normalized spacial score (nSPS) is 11.4. The summed E-state index contributed by atoms with van der Waals surface area (Å²) in [7, 11) is 4.11. The molecule has 17 heavy (non-hydrogen) atoms. The second kappa shape index (κ2) is 6.57. The first-order valence-corrected chi connectivity index (χ1v) is 6.03. The van der Waals surface area contributed by atoms with Gasteiger partial charge in [-0.05, 0) is 12.6 Å². The Morgan fingerprint density at radius 2 is 2.29 bits per heavy atom. The molecule has 0 unspecified atom stereocenters. The van der Waals surface area contributed by atoms with Crippen molar-refractivity contribution in [2.24, 2.45) is 7.05 Å². The molecule has 0 aliphatic rings. The smallest absolute Gasteiger partial charge is 0.122 e. The first-order chi connectivity index (χ1) is 7.99. The molecule has 4 heteroatoms. The van der Waals surface area contributed by atoms with E-state index >= 15 is 0 Å². The van der Waals surface area contributed by atoms with Gasteiger partial charge in [-0.3, -0.25) is 4.90 Å². The molecule has 0 amide bonds. The monoisotopic (exact) mass is 236 g/mol.